The zero-order chi connectivity index (χ0) is 55.5. The number of carbonyl (C=O) groups is 3. The molecule has 9 nitrogen and oxygen atoms in total. The van der Waals surface area contributed by atoms with E-state index >= 15 is 0 Å². The van der Waals surface area contributed by atoms with Crippen molar-refractivity contribution in [1.29, 1.82) is 0 Å². The van der Waals surface area contributed by atoms with Gasteiger partial charge in [-0.3, -0.25) is 9.59 Å². The van der Waals surface area contributed by atoms with Crippen LogP contribution in [0.25, 0.3) is 0 Å². The van der Waals surface area contributed by atoms with Gasteiger partial charge in [0.05, 0.1) is 40.3 Å². The first-order valence-corrected chi connectivity index (χ1v) is 31.9. The lowest BCUT2D eigenvalue weighted by molar-refractivity contribution is -0.870. The minimum atomic E-state index is -1.62. The van der Waals surface area contributed by atoms with Crippen LogP contribution >= 0.6 is 0 Å². The van der Waals surface area contributed by atoms with Gasteiger partial charge in [-0.05, 0) is 57.8 Å². The standard InChI is InChI=1S/C67H121NO8/c1-6-8-10-12-14-16-18-20-22-24-26-28-30-32-33-34-36-38-40-42-44-46-48-50-52-54-56-58-65(70)76-63(62-75-67(66(71)72)73-60-59-68(3,4)5)61-74-64(69)57-55-53-51-49-47-45-43-41-39-37-35-31-29-27-25-23-21-19-17-15-13-11-9-7-2/h8,10,14,16,20,22,26,28,32-33,63,67H,6-7,9,11-13,15,17-19,21,23-25,27,29-31,34-62H2,1-5H3/b10-8-,16-14-,22-20-,28-26-,33-32-. The van der Waals surface area contributed by atoms with E-state index in [1.165, 1.54) is 180 Å². The molecule has 442 valence electrons. The monoisotopic (exact) mass is 1070 g/mol. The van der Waals surface area contributed by atoms with Crippen LogP contribution in [0.4, 0.5) is 0 Å². The highest BCUT2D eigenvalue weighted by atomic mass is 16.7. The van der Waals surface area contributed by atoms with E-state index in [4.69, 9.17) is 18.9 Å². The summed E-state index contributed by atoms with van der Waals surface area (Å²) in [6, 6.07) is 0. The normalized spacial score (nSPS) is 13.1. The van der Waals surface area contributed by atoms with Gasteiger partial charge in [-0.15, -0.1) is 0 Å². The summed E-state index contributed by atoms with van der Waals surface area (Å²) in [7, 11) is 5.93. The number of carboxylic acid groups (broad SMARTS) is 1. The van der Waals surface area contributed by atoms with Crippen LogP contribution < -0.4 is 5.11 Å². The van der Waals surface area contributed by atoms with Crippen LogP contribution in [0.3, 0.4) is 0 Å². The molecule has 0 amide bonds. The average Bonchev–Trinajstić information content (AvgIpc) is 3.39. The molecule has 0 aromatic rings. The third-order valence-corrected chi connectivity index (χ3v) is 14.0. The van der Waals surface area contributed by atoms with Gasteiger partial charge < -0.3 is 33.3 Å². The van der Waals surface area contributed by atoms with Crippen molar-refractivity contribution in [3.8, 4) is 0 Å². The van der Waals surface area contributed by atoms with Crippen molar-refractivity contribution in [3.05, 3.63) is 60.8 Å². The number of rotatable bonds is 59. The van der Waals surface area contributed by atoms with Crippen LogP contribution in [0.2, 0.25) is 0 Å². The topological polar surface area (TPSA) is 111 Å². The highest BCUT2D eigenvalue weighted by Gasteiger charge is 2.22. The quantitative estimate of drug-likeness (QED) is 0.0195. The maximum Gasteiger partial charge on any atom is 0.306 e. The molecule has 0 saturated heterocycles. The molecule has 0 radical (unpaired) electrons. The number of hydrogen-bond donors (Lipinski definition) is 0. The molecular formula is C67H121NO8. The minimum Gasteiger partial charge on any atom is -0.545 e. The number of esters is 2. The van der Waals surface area contributed by atoms with Gasteiger partial charge in [-0.2, -0.15) is 0 Å². The Morgan fingerprint density at radius 1 is 0.408 bits per heavy atom. The highest BCUT2D eigenvalue weighted by molar-refractivity contribution is 5.70. The van der Waals surface area contributed by atoms with Gasteiger partial charge in [0.1, 0.15) is 13.2 Å². The van der Waals surface area contributed by atoms with Crippen LogP contribution in [0.15, 0.2) is 60.8 Å². The zero-order valence-electron chi connectivity index (χ0n) is 50.4. The van der Waals surface area contributed by atoms with Crippen LogP contribution in [-0.4, -0.2) is 82.3 Å². The summed E-state index contributed by atoms with van der Waals surface area (Å²) in [5, 5.41) is 11.8. The van der Waals surface area contributed by atoms with Crippen molar-refractivity contribution in [1.82, 2.24) is 0 Å². The number of allylic oxidation sites excluding steroid dienone is 10. The maximum absolute atomic E-state index is 12.9. The SMILES string of the molecule is CC/C=C\C/C=C\C/C=C\C/C=C\C/C=C\CCCCCCCCCCCCCC(=O)OC(COC(=O)CCCCCCCCCCCCCCCCCCCCCCCCCC)COC(OCC[N+](C)(C)C)C(=O)[O-]. The van der Waals surface area contributed by atoms with Crippen LogP contribution in [0.1, 0.15) is 290 Å². The molecule has 0 aromatic heterocycles. The Bertz CT molecular complexity index is 1430. The molecule has 76 heavy (non-hydrogen) atoms. The second-order valence-corrected chi connectivity index (χ2v) is 22.7. The van der Waals surface area contributed by atoms with E-state index < -0.39 is 24.3 Å². The summed E-state index contributed by atoms with van der Waals surface area (Å²) in [5.74, 6) is -2.27. The summed E-state index contributed by atoms with van der Waals surface area (Å²) in [5.41, 5.74) is 0. The number of carboxylic acids is 1. The van der Waals surface area contributed by atoms with Crippen molar-refractivity contribution in [2.75, 3.05) is 47.5 Å². The second kappa shape index (κ2) is 58.1. The van der Waals surface area contributed by atoms with Gasteiger partial charge in [0, 0.05) is 12.8 Å². The lowest BCUT2D eigenvalue weighted by Crippen LogP contribution is -2.44. The Morgan fingerprint density at radius 2 is 0.750 bits per heavy atom. The lowest BCUT2D eigenvalue weighted by Gasteiger charge is -2.26. The fraction of sp³-hybridized carbons (Fsp3) is 0.806. The second-order valence-electron chi connectivity index (χ2n) is 22.7. The molecule has 0 bridgehead atoms. The number of carbonyl (C=O) groups excluding carboxylic acids is 3. The van der Waals surface area contributed by atoms with Crippen LogP contribution in [0, 0.1) is 0 Å². The number of hydrogen-bond acceptors (Lipinski definition) is 8. The Labute approximate surface area is 469 Å². The van der Waals surface area contributed by atoms with Crippen molar-refractivity contribution >= 4 is 17.9 Å². The van der Waals surface area contributed by atoms with E-state index in [2.05, 4.69) is 74.6 Å². The fourth-order valence-electron chi connectivity index (χ4n) is 9.15. The minimum absolute atomic E-state index is 0.147. The first-order valence-electron chi connectivity index (χ1n) is 31.9. The molecule has 0 aliphatic carbocycles. The Morgan fingerprint density at radius 3 is 1.12 bits per heavy atom. The first kappa shape index (κ1) is 73.0. The highest BCUT2D eigenvalue weighted by Crippen LogP contribution is 2.18. The largest absolute Gasteiger partial charge is 0.545 e. The van der Waals surface area contributed by atoms with E-state index in [0.29, 0.717) is 23.9 Å². The molecule has 0 aromatic carbocycles. The van der Waals surface area contributed by atoms with Gasteiger partial charge >= 0.3 is 11.9 Å². The van der Waals surface area contributed by atoms with Crippen molar-refractivity contribution in [3.63, 3.8) is 0 Å². The van der Waals surface area contributed by atoms with Crippen LogP contribution in [-0.2, 0) is 33.3 Å². The summed E-state index contributed by atoms with van der Waals surface area (Å²) in [6.45, 7) is 4.67. The average molecular weight is 1070 g/mol. The van der Waals surface area contributed by atoms with Gasteiger partial charge in [-0.1, -0.05) is 280 Å². The molecule has 0 N–H and O–H groups in total. The Kier molecular flexibility index (Phi) is 55.8. The van der Waals surface area contributed by atoms with E-state index in [0.717, 1.165) is 77.0 Å². The molecule has 0 aliphatic heterocycles. The smallest absolute Gasteiger partial charge is 0.306 e. The zero-order valence-corrected chi connectivity index (χ0v) is 50.4. The van der Waals surface area contributed by atoms with E-state index in [1.54, 1.807) is 0 Å². The predicted molar refractivity (Wildman–Crippen MR) is 320 cm³/mol. The first-order chi connectivity index (χ1) is 37.1. The number of nitrogens with zero attached hydrogens (tertiary/aromatic N) is 1. The number of aliphatic carboxylic acids is 1. The van der Waals surface area contributed by atoms with Crippen molar-refractivity contribution in [2.24, 2.45) is 0 Å². The number of unbranched alkanes of at least 4 members (excludes halogenated alkanes) is 34. The number of quaternary nitrogens is 1. The van der Waals surface area contributed by atoms with Gasteiger partial charge in [0.15, 0.2) is 12.4 Å². The Balaban J connectivity index is 4.17. The molecule has 0 saturated carbocycles. The van der Waals surface area contributed by atoms with Gasteiger partial charge in [-0.25, -0.2) is 0 Å². The molecule has 0 aliphatic rings. The molecule has 0 fully saturated rings. The fourth-order valence-corrected chi connectivity index (χ4v) is 9.15. The Hall–Kier alpha value is -3.01. The maximum atomic E-state index is 12.9. The van der Waals surface area contributed by atoms with Gasteiger partial charge in [0.25, 0.3) is 0 Å². The summed E-state index contributed by atoms with van der Waals surface area (Å²) < 4.78 is 22.8. The molecular weight excluding hydrogens is 947 g/mol. The van der Waals surface area contributed by atoms with Crippen molar-refractivity contribution in [2.45, 2.75) is 302 Å². The number of ether oxygens (including phenoxy) is 4. The van der Waals surface area contributed by atoms with Gasteiger partial charge in [0.2, 0.25) is 0 Å². The lowest BCUT2D eigenvalue weighted by atomic mass is 10.0. The third-order valence-electron chi connectivity index (χ3n) is 14.0. The number of likely N-dealkylation sites (N-methyl/N-ethyl adjacent to an activating group) is 1. The van der Waals surface area contributed by atoms with Crippen molar-refractivity contribution < 1.29 is 42.9 Å². The molecule has 2 unspecified atom stereocenters. The molecule has 0 rings (SSSR count). The summed E-state index contributed by atoms with van der Waals surface area (Å²) >= 11 is 0. The third kappa shape index (κ3) is 58.7. The molecule has 0 heterocycles. The summed E-state index contributed by atoms with van der Waals surface area (Å²) in [4.78, 5) is 37.4. The molecule has 0 spiro atoms. The molecule has 2 atom stereocenters. The molecule has 9 heteroatoms. The summed E-state index contributed by atoms with van der Waals surface area (Å²) in [6.07, 6.45) is 71.4. The van der Waals surface area contributed by atoms with Crippen LogP contribution in [0.5, 0.6) is 0 Å². The van der Waals surface area contributed by atoms with E-state index in [9.17, 15) is 19.5 Å². The van der Waals surface area contributed by atoms with E-state index in [-0.39, 0.29) is 32.2 Å². The van der Waals surface area contributed by atoms with E-state index in [1.807, 2.05) is 21.1 Å². The predicted octanol–water partition coefficient (Wildman–Crippen LogP) is 17.9.